The van der Waals surface area contributed by atoms with Crippen molar-refractivity contribution >= 4 is 5.91 Å². The highest BCUT2D eigenvalue weighted by atomic mass is 16.2. The van der Waals surface area contributed by atoms with E-state index < -0.39 is 0 Å². The molecule has 0 bridgehead atoms. The maximum absolute atomic E-state index is 11.2. The zero-order valence-electron chi connectivity index (χ0n) is 9.72. The number of hydrogen-bond donors (Lipinski definition) is 0. The molecule has 1 amide bonds. The number of carbonyl (C=O) groups is 1. The lowest BCUT2D eigenvalue weighted by atomic mass is 10.2. The van der Waals surface area contributed by atoms with E-state index in [4.69, 9.17) is 0 Å². The molecule has 86 valence electrons. The number of nitrogens with zero attached hydrogens (tertiary/aromatic N) is 2. The lowest BCUT2D eigenvalue weighted by molar-refractivity contribution is -0.130. The molecule has 1 aromatic rings. The van der Waals surface area contributed by atoms with Crippen LogP contribution in [0.2, 0.25) is 0 Å². The average molecular weight is 218 g/mol. The van der Waals surface area contributed by atoms with Crippen LogP contribution in [0, 0.1) is 0 Å². The van der Waals surface area contributed by atoms with E-state index in [9.17, 15) is 4.79 Å². The van der Waals surface area contributed by atoms with Gasteiger partial charge in [-0.25, -0.2) is 0 Å². The van der Waals surface area contributed by atoms with Gasteiger partial charge in [-0.15, -0.1) is 0 Å². The molecular formula is C13H18N2O. The van der Waals surface area contributed by atoms with Crippen LogP contribution in [0.25, 0.3) is 0 Å². The van der Waals surface area contributed by atoms with Crippen LogP contribution in [0.1, 0.15) is 12.5 Å². The van der Waals surface area contributed by atoms with Gasteiger partial charge in [0.25, 0.3) is 0 Å². The maximum atomic E-state index is 11.2. The second-order valence-corrected chi connectivity index (χ2v) is 4.27. The lowest BCUT2D eigenvalue weighted by Crippen LogP contribution is -2.47. The predicted molar refractivity (Wildman–Crippen MR) is 64.0 cm³/mol. The number of hydrogen-bond acceptors (Lipinski definition) is 2. The second kappa shape index (κ2) is 5.12. The highest BCUT2D eigenvalue weighted by Crippen LogP contribution is 2.08. The predicted octanol–water partition coefficient (Wildman–Crippen LogP) is 1.35. The minimum atomic E-state index is 0.194. The van der Waals surface area contributed by atoms with E-state index >= 15 is 0 Å². The maximum Gasteiger partial charge on any atom is 0.219 e. The zero-order valence-corrected chi connectivity index (χ0v) is 9.72. The Labute approximate surface area is 96.7 Å². The van der Waals surface area contributed by atoms with Gasteiger partial charge < -0.3 is 4.90 Å². The van der Waals surface area contributed by atoms with E-state index in [-0.39, 0.29) is 5.91 Å². The molecule has 1 saturated heterocycles. The first-order valence-corrected chi connectivity index (χ1v) is 5.77. The van der Waals surface area contributed by atoms with E-state index in [0.717, 1.165) is 32.7 Å². The summed E-state index contributed by atoms with van der Waals surface area (Å²) in [6.07, 6.45) is 0. The van der Waals surface area contributed by atoms with Crippen LogP contribution >= 0.6 is 0 Å². The van der Waals surface area contributed by atoms with Gasteiger partial charge in [-0.05, 0) is 5.56 Å². The Hall–Kier alpha value is -1.35. The molecule has 0 radical (unpaired) electrons. The van der Waals surface area contributed by atoms with Crippen molar-refractivity contribution in [2.45, 2.75) is 13.5 Å². The number of carbonyl (C=O) groups excluding carboxylic acids is 1. The summed E-state index contributed by atoms with van der Waals surface area (Å²) in [5.74, 6) is 0.194. The molecule has 16 heavy (non-hydrogen) atoms. The molecule has 0 atom stereocenters. The third-order valence-corrected chi connectivity index (χ3v) is 3.07. The molecule has 0 unspecified atom stereocenters. The van der Waals surface area contributed by atoms with Gasteiger partial charge in [0.1, 0.15) is 0 Å². The molecule has 2 rings (SSSR count). The normalized spacial score (nSPS) is 17.4. The Balaban J connectivity index is 1.84. The Morgan fingerprint density at radius 3 is 2.31 bits per heavy atom. The van der Waals surface area contributed by atoms with Gasteiger partial charge in [0.05, 0.1) is 0 Å². The molecule has 0 aromatic heterocycles. The highest BCUT2D eigenvalue weighted by molar-refractivity contribution is 5.73. The summed E-state index contributed by atoms with van der Waals surface area (Å²) in [6.45, 7) is 6.33. The quantitative estimate of drug-likeness (QED) is 0.748. The third kappa shape index (κ3) is 2.83. The van der Waals surface area contributed by atoms with Crippen LogP contribution in [0.15, 0.2) is 30.3 Å². The number of rotatable bonds is 2. The van der Waals surface area contributed by atoms with Crippen molar-refractivity contribution in [1.82, 2.24) is 9.80 Å². The number of amides is 1. The molecule has 3 nitrogen and oxygen atoms in total. The molecule has 0 saturated carbocycles. The Morgan fingerprint density at radius 2 is 1.75 bits per heavy atom. The van der Waals surface area contributed by atoms with Gasteiger partial charge >= 0.3 is 0 Å². The van der Waals surface area contributed by atoms with E-state index in [1.165, 1.54) is 5.56 Å². The molecule has 3 heteroatoms. The molecule has 1 aliphatic rings. The van der Waals surface area contributed by atoms with Crippen molar-refractivity contribution < 1.29 is 4.79 Å². The van der Waals surface area contributed by atoms with Crippen molar-refractivity contribution in [1.29, 1.82) is 0 Å². The van der Waals surface area contributed by atoms with E-state index in [1.807, 2.05) is 11.0 Å². The number of piperazine rings is 1. The Bertz CT molecular complexity index is 342. The standard InChI is InChI=1S/C13H18N2O/c1-12(16)15-9-7-14(8-10-15)11-13-5-3-2-4-6-13/h2-6H,7-11H2,1H3. The van der Waals surface area contributed by atoms with Crippen molar-refractivity contribution in [3.8, 4) is 0 Å². The van der Waals surface area contributed by atoms with Gasteiger partial charge in [0, 0.05) is 39.6 Å². The van der Waals surface area contributed by atoms with Crippen molar-refractivity contribution in [2.75, 3.05) is 26.2 Å². The Kier molecular flexibility index (Phi) is 3.57. The Morgan fingerprint density at radius 1 is 1.12 bits per heavy atom. The minimum Gasteiger partial charge on any atom is -0.340 e. The van der Waals surface area contributed by atoms with Crippen molar-refractivity contribution in [3.63, 3.8) is 0 Å². The third-order valence-electron chi connectivity index (χ3n) is 3.07. The molecule has 1 heterocycles. The van der Waals surface area contributed by atoms with Crippen LogP contribution in [-0.2, 0) is 11.3 Å². The van der Waals surface area contributed by atoms with Crippen LogP contribution < -0.4 is 0 Å². The zero-order chi connectivity index (χ0) is 11.4. The summed E-state index contributed by atoms with van der Waals surface area (Å²) in [7, 11) is 0. The van der Waals surface area contributed by atoms with Crippen molar-refractivity contribution in [3.05, 3.63) is 35.9 Å². The van der Waals surface area contributed by atoms with Crippen LogP contribution in [0.3, 0.4) is 0 Å². The van der Waals surface area contributed by atoms with Crippen LogP contribution in [0.4, 0.5) is 0 Å². The van der Waals surface area contributed by atoms with Gasteiger partial charge in [-0.1, -0.05) is 30.3 Å². The van der Waals surface area contributed by atoms with Crippen LogP contribution in [-0.4, -0.2) is 41.9 Å². The molecular weight excluding hydrogens is 200 g/mol. The second-order valence-electron chi connectivity index (χ2n) is 4.27. The van der Waals surface area contributed by atoms with Gasteiger partial charge in [0.2, 0.25) is 5.91 Å². The lowest BCUT2D eigenvalue weighted by Gasteiger charge is -2.34. The van der Waals surface area contributed by atoms with E-state index in [2.05, 4.69) is 29.2 Å². The summed E-state index contributed by atoms with van der Waals surface area (Å²) < 4.78 is 0. The largest absolute Gasteiger partial charge is 0.340 e. The fourth-order valence-corrected chi connectivity index (χ4v) is 2.06. The fraction of sp³-hybridized carbons (Fsp3) is 0.462. The highest BCUT2D eigenvalue weighted by Gasteiger charge is 2.18. The molecule has 1 aromatic carbocycles. The first kappa shape index (κ1) is 11.1. The molecule has 1 fully saturated rings. The SMILES string of the molecule is CC(=O)N1CCN(Cc2ccccc2)CC1. The molecule has 1 aliphatic heterocycles. The van der Waals surface area contributed by atoms with Gasteiger partial charge in [0.15, 0.2) is 0 Å². The average Bonchev–Trinajstić information content (AvgIpc) is 2.31. The molecule has 0 spiro atoms. The summed E-state index contributed by atoms with van der Waals surface area (Å²) >= 11 is 0. The first-order valence-electron chi connectivity index (χ1n) is 5.77. The summed E-state index contributed by atoms with van der Waals surface area (Å²) in [6, 6.07) is 10.5. The number of benzene rings is 1. The molecule has 0 aliphatic carbocycles. The summed E-state index contributed by atoms with van der Waals surface area (Å²) in [5, 5.41) is 0. The van der Waals surface area contributed by atoms with E-state index in [1.54, 1.807) is 6.92 Å². The fourth-order valence-electron chi connectivity index (χ4n) is 2.06. The smallest absolute Gasteiger partial charge is 0.219 e. The minimum absolute atomic E-state index is 0.194. The van der Waals surface area contributed by atoms with Crippen molar-refractivity contribution in [2.24, 2.45) is 0 Å². The first-order chi connectivity index (χ1) is 7.75. The topological polar surface area (TPSA) is 23.6 Å². The summed E-state index contributed by atoms with van der Waals surface area (Å²) in [5.41, 5.74) is 1.35. The molecule has 0 N–H and O–H groups in total. The van der Waals surface area contributed by atoms with Gasteiger partial charge in [-0.3, -0.25) is 9.69 Å². The monoisotopic (exact) mass is 218 g/mol. The summed E-state index contributed by atoms with van der Waals surface area (Å²) in [4.78, 5) is 15.5. The van der Waals surface area contributed by atoms with Crippen LogP contribution in [0.5, 0.6) is 0 Å². The van der Waals surface area contributed by atoms with Gasteiger partial charge in [-0.2, -0.15) is 0 Å². The van der Waals surface area contributed by atoms with E-state index in [0.29, 0.717) is 0 Å².